The van der Waals surface area contributed by atoms with Gasteiger partial charge in [-0.05, 0) is 29.3 Å². The van der Waals surface area contributed by atoms with E-state index in [1.54, 1.807) is 41.7 Å². The van der Waals surface area contributed by atoms with E-state index in [4.69, 9.17) is 11.6 Å². The van der Waals surface area contributed by atoms with Crippen molar-refractivity contribution in [3.8, 4) is 0 Å². The summed E-state index contributed by atoms with van der Waals surface area (Å²) in [6.45, 7) is 0.00335. The molecule has 2 aliphatic heterocycles. The highest BCUT2D eigenvalue weighted by atomic mass is 35.5. The SMILES string of the molecule is BN(Cc1ccc2c(c1)CN(C1(B)C(=O)NC(=O)CC1(B)B)C2=O)C(=O)C(F)(F)c1ccc(Cl)cc1. The Morgan fingerprint density at radius 3 is 2.36 bits per heavy atom. The lowest BCUT2D eigenvalue weighted by molar-refractivity contribution is -0.154. The van der Waals surface area contributed by atoms with Crippen LogP contribution in [0.5, 0.6) is 0 Å². The predicted molar refractivity (Wildman–Crippen MR) is 140 cm³/mol. The van der Waals surface area contributed by atoms with Crippen molar-refractivity contribution in [2.24, 2.45) is 0 Å². The number of fused-ring (bicyclic) bond motifs is 1. The van der Waals surface area contributed by atoms with Gasteiger partial charge in [-0.15, -0.1) is 0 Å². The maximum absolute atomic E-state index is 14.8. The standard InChI is InChI=1S/C22H22B4ClF2N3O4/c23-20(24)8-16(33)30-18(35)22(20,25)31-10-12-7-11(1-6-15(12)17(31)34)9-32(26)19(36)21(28,29)13-2-4-14(27)5-3-13/h1-7H,8-10,23-26H2,(H,30,33,35). The number of amides is 4. The summed E-state index contributed by atoms with van der Waals surface area (Å²) in [6, 6.07) is 9.67. The molecule has 1 fully saturated rings. The Morgan fingerprint density at radius 1 is 1.11 bits per heavy atom. The van der Waals surface area contributed by atoms with Gasteiger partial charge in [0.1, 0.15) is 23.5 Å². The maximum atomic E-state index is 14.8. The van der Waals surface area contributed by atoms with Gasteiger partial charge < -0.3 is 9.71 Å². The largest absolute Gasteiger partial charge is 0.384 e. The molecule has 2 heterocycles. The average Bonchev–Trinajstić information content (AvgIpc) is 3.12. The van der Waals surface area contributed by atoms with E-state index in [2.05, 4.69) is 5.32 Å². The maximum Gasteiger partial charge on any atom is 0.348 e. The van der Waals surface area contributed by atoms with Crippen molar-refractivity contribution < 1.29 is 28.0 Å². The number of halogens is 3. The zero-order valence-corrected chi connectivity index (χ0v) is 21.1. The summed E-state index contributed by atoms with van der Waals surface area (Å²) in [6.07, 6.45) is 0.0787. The minimum Gasteiger partial charge on any atom is -0.384 e. The molecule has 0 bridgehead atoms. The number of carbonyl (C=O) groups excluding carboxylic acids is 4. The molecule has 2 aromatic rings. The number of hydrogen-bond acceptors (Lipinski definition) is 4. The van der Waals surface area contributed by atoms with E-state index in [1.165, 1.54) is 25.0 Å². The van der Waals surface area contributed by atoms with Gasteiger partial charge in [-0.1, -0.05) is 41.1 Å². The van der Waals surface area contributed by atoms with Crippen molar-refractivity contribution in [3.05, 3.63) is 69.7 Å². The molecule has 0 aromatic heterocycles. The van der Waals surface area contributed by atoms with Crippen LogP contribution in [-0.2, 0) is 33.4 Å². The van der Waals surface area contributed by atoms with Gasteiger partial charge in [0.05, 0.1) is 5.44 Å². The lowest BCUT2D eigenvalue weighted by atomic mass is 9.36. The van der Waals surface area contributed by atoms with Crippen LogP contribution in [0.3, 0.4) is 0 Å². The van der Waals surface area contributed by atoms with Crippen LogP contribution in [0.4, 0.5) is 8.78 Å². The minimum absolute atomic E-state index is 0.0787. The molecule has 1 saturated heterocycles. The quantitative estimate of drug-likeness (QED) is 0.403. The number of nitrogens with one attached hydrogen (secondary N) is 1. The van der Waals surface area contributed by atoms with E-state index in [1.807, 2.05) is 0 Å². The molecule has 7 nitrogen and oxygen atoms in total. The first-order valence-electron chi connectivity index (χ1n) is 11.4. The van der Waals surface area contributed by atoms with Gasteiger partial charge in [0, 0.05) is 35.7 Å². The Balaban J connectivity index is 1.55. The lowest BCUT2D eigenvalue weighted by Gasteiger charge is -2.51. The third-order valence-electron chi connectivity index (χ3n) is 7.37. The van der Waals surface area contributed by atoms with Crippen LogP contribution in [0, 0.1) is 0 Å². The van der Waals surface area contributed by atoms with E-state index < -0.39 is 39.9 Å². The Morgan fingerprint density at radius 2 is 1.75 bits per heavy atom. The molecule has 0 saturated carbocycles. The predicted octanol–water partition coefficient (Wildman–Crippen LogP) is -1.28. The third-order valence-corrected chi connectivity index (χ3v) is 7.62. The first-order chi connectivity index (χ1) is 16.7. The summed E-state index contributed by atoms with van der Waals surface area (Å²) in [7, 11) is 6.47. The van der Waals surface area contributed by atoms with E-state index in [-0.39, 0.29) is 30.4 Å². The molecule has 4 rings (SSSR count). The zero-order chi connectivity index (χ0) is 26.6. The molecular formula is C22H22B4ClF2N3O4. The molecule has 14 heteroatoms. The van der Waals surface area contributed by atoms with Crippen LogP contribution >= 0.6 is 11.6 Å². The number of nitrogens with zero attached hydrogens (tertiary/aromatic N) is 2. The van der Waals surface area contributed by atoms with Gasteiger partial charge in [-0.25, -0.2) is 0 Å². The number of alkyl halides is 2. The van der Waals surface area contributed by atoms with Crippen molar-refractivity contribution >= 4 is 66.7 Å². The molecule has 36 heavy (non-hydrogen) atoms. The molecule has 1 N–H and O–H groups in total. The molecule has 0 aliphatic carbocycles. The van der Waals surface area contributed by atoms with Gasteiger partial charge in [-0.2, -0.15) is 8.78 Å². The van der Waals surface area contributed by atoms with Crippen LogP contribution in [-0.4, -0.2) is 70.3 Å². The number of benzene rings is 2. The molecule has 2 aliphatic rings. The fourth-order valence-electron chi connectivity index (χ4n) is 4.86. The molecule has 1 unspecified atom stereocenters. The van der Waals surface area contributed by atoms with Crippen LogP contribution in [0.2, 0.25) is 10.2 Å². The number of hydrogen-bond donors (Lipinski definition) is 1. The smallest absolute Gasteiger partial charge is 0.348 e. The Bertz CT molecular complexity index is 1290. The number of rotatable bonds is 5. The first kappa shape index (κ1) is 26.0. The van der Waals surface area contributed by atoms with Gasteiger partial charge in [-0.3, -0.25) is 24.5 Å². The van der Waals surface area contributed by atoms with Crippen LogP contribution in [0.1, 0.15) is 33.5 Å². The summed E-state index contributed by atoms with van der Waals surface area (Å²) >= 11 is 5.76. The molecular weight excluding hydrogens is 487 g/mol. The fourth-order valence-corrected chi connectivity index (χ4v) is 4.99. The average molecular weight is 509 g/mol. The number of carbonyl (C=O) groups is 4. The van der Waals surface area contributed by atoms with E-state index in [0.29, 0.717) is 16.7 Å². The fraction of sp³-hybridized carbons (Fsp3) is 0.273. The number of imide groups is 1. The normalized spacial score (nSPS) is 21.2. The molecule has 0 spiro atoms. The second-order valence-corrected chi connectivity index (χ2v) is 10.6. The molecule has 0 radical (unpaired) electrons. The Kier molecular flexibility index (Phi) is 6.35. The van der Waals surface area contributed by atoms with E-state index >= 15 is 0 Å². The molecule has 2 aromatic carbocycles. The summed E-state index contributed by atoms with van der Waals surface area (Å²) in [5.74, 6) is -6.40. The number of piperidine rings is 1. The van der Waals surface area contributed by atoms with Crippen molar-refractivity contribution in [2.45, 2.75) is 36.1 Å². The first-order valence-corrected chi connectivity index (χ1v) is 11.7. The van der Waals surface area contributed by atoms with Crippen molar-refractivity contribution in [1.82, 2.24) is 15.0 Å². The highest BCUT2D eigenvalue weighted by Gasteiger charge is 2.57. The van der Waals surface area contributed by atoms with Crippen molar-refractivity contribution in [3.63, 3.8) is 0 Å². The summed E-state index contributed by atoms with van der Waals surface area (Å²) in [5, 5.41) is 1.81. The zero-order valence-electron chi connectivity index (χ0n) is 20.3. The van der Waals surface area contributed by atoms with Crippen LogP contribution in [0.25, 0.3) is 0 Å². The molecule has 1 atom stereocenters. The van der Waals surface area contributed by atoms with E-state index in [9.17, 15) is 28.0 Å². The Labute approximate surface area is 215 Å². The summed E-state index contributed by atoms with van der Waals surface area (Å²) in [5.41, 5.74) is -0.173. The molecule has 4 amide bonds. The van der Waals surface area contributed by atoms with Crippen LogP contribution < -0.4 is 5.32 Å². The second-order valence-electron chi connectivity index (χ2n) is 10.1. The summed E-state index contributed by atoms with van der Waals surface area (Å²) < 4.78 is 29.6. The topological polar surface area (TPSA) is 86.8 Å². The minimum atomic E-state index is -3.74. The monoisotopic (exact) mass is 509 g/mol. The van der Waals surface area contributed by atoms with Crippen LogP contribution in [0.15, 0.2) is 42.5 Å². The van der Waals surface area contributed by atoms with Gasteiger partial charge >= 0.3 is 5.92 Å². The van der Waals surface area contributed by atoms with Crippen molar-refractivity contribution in [2.75, 3.05) is 0 Å². The summed E-state index contributed by atoms with van der Waals surface area (Å²) in [4.78, 5) is 53.1. The highest BCUT2D eigenvalue weighted by Crippen LogP contribution is 2.44. The van der Waals surface area contributed by atoms with Gasteiger partial charge in [0.15, 0.2) is 0 Å². The van der Waals surface area contributed by atoms with E-state index in [0.717, 1.165) is 16.9 Å². The van der Waals surface area contributed by atoms with Gasteiger partial charge in [0.25, 0.3) is 11.8 Å². The highest BCUT2D eigenvalue weighted by molar-refractivity contribution is 6.52. The molecule has 182 valence electrons. The van der Waals surface area contributed by atoms with Crippen molar-refractivity contribution in [1.29, 1.82) is 0 Å². The second kappa shape index (κ2) is 8.80. The van der Waals surface area contributed by atoms with Gasteiger partial charge in [0.2, 0.25) is 19.8 Å². The lowest BCUT2D eigenvalue weighted by Crippen LogP contribution is -2.70. The Hall–Kier alpha value is -3.07. The third kappa shape index (κ3) is 4.13.